The summed E-state index contributed by atoms with van der Waals surface area (Å²) in [6, 6.07) is -7.47. The Morgan fingerprint density at radius 3 is 1.72 bits per heavy atom. The molecule has 2 rings (SSSR count). The van der Waals surface area contributed by atoms with Crippen LogP contribution in [0.5, 0.6) is 0 Å². The number of nitrogens with zero attached hydrogens (tertiary/aromatic N) is 3. The molecule has 378 valence electrons. The fraction of sp³-hybridized carbons (Fsp3) is 0.739. The van der Waals surface area contributed by atoms with Crippen LogP contribution in [0, 0.1) is 29.6 Å². The third-order valence-corrected chi connectivity index (χ3v) is 10.9. The molecule has 7 N–H and O–H groups in total. The number of aryl methyl sites for hydroxylation is 1. The Kier molecular flexibility index (Phi) is 22.2. The number of methoxy groups -OCH3 is 1. The van der Waals surface area contributed by atoms with E-state index in [1.165, 1.54) is 12.0 Å². The molecule has 7 atom stereocenters. The highest BCUT2D eigenvalue weighted by atomic mass is 16.6. The number of ether oxygens (including phenoxy) is 2. The zero-order valence-electron chi connectivity index (χ0n) is 42.2. The first kappa shape index (κ1) is 57.4. The molecule has 1 aliphatic heterocycles. The molecule has 1 aromatic heterocycles. The molecule has 1 fully saturated rings. The first-order valence-electron chi connectivity index (χ1n) is 23.2. The van der Waals surface area contributed by atoms with Gasteiger partial charge in [0.2, 0.25) is 41.4 Å². The van der Waals surface area contributed by atoms with Gasteiger partial charge in [0.05, 0.1) is 25.7 Å². The van der Waals surface area contributed by atoms with Gasteiger partial charge in [-0.25, -0.2) is 14.6 Å². The molecule has 21 heteroatoms. The van der Waals surface area contributed by atoms with Crippen molar-refractivity contribution >= 4 is 53.4 Å². The molecule has 21 nitrogen and oxygen atoms in total. The molecule has 8 amide bonds. The van der Waals surface area contributed by atoms with Crippen molar-refractivity contribution in [3.63, 3.8) is 0 Å². The summed E-state index contributed by atoms with van der Waals surface area (Å²) in [5.41, 5.74) is -0.310. The van der Waals surface area contributed by atoms with Crippen LogP contribution in [0.25, 0.3) is 0 Å². The van der Waals surface area contributed by atoms with Crippen molar-refractivity contribution in [2.75, 3.05) is 20.2 Å². The van der Waals surface area contributed by atoms with Crippen molar-refractivity contribution < 1.29 is 52.6 Å². The molecule has 67 heavy (non-hydrogen) atoms. The molecule has 0 aliphatic carbocycles. The predicted octanol–water partition coefficient (Wildman–Crippen LogP) is 1.23. The highest BCUT2D eigenvalue weighted by Gasteiger charge is 2.41. The van der Waals surface area contributed by atoms with Crippen LogP contribution in [-0.4, -0.2) is 136 Å². The van der Waals surface area contributed by atoms with E-state index in [0.29, 0.717) is 12.1 Å². The van der Waals surface area contributed by atoms with E-state index < -0.39 is 120 Å². The van der Waals surface area contributed by atoms with E-state index in [9.17, 15) is 43.2 Å². The van der Waals surface area contributed by atoms with Gasteiger partial charge in [0.1, 0.15) is 47.9 Å². The largest absolute Gasteiger partial charge is 0.467 e. The molecule has 0 unspecified atom stereocenters. The summed E-state index contributed by atoms with van der Waals surface area (Å²) >= 11 is 0. The van der Waals surface area contributed by atoms with Crippen molar-refractivity contribution in [2.45, 2.75) is 164 Å². The smallest absolute Gasteiger partial charge is 0.408 e. The van der Waals surface area contributed by atoms with Gasteiger partial charge in [-0.3, -0.25) is 33.6 Å². The Morgan fingerprint density at radius 2 is 1.22 bits per heavy atom. The molecule has 1 aromatic rings. The van der Waals surface area contributed by atoms with Crippen molar-refractivity contribution in [3.05, 3.63) is 18.2 Å². The third-order valence-electron chi connectivity index (χ3n) is 10.9. The summed E-state index contributed by atoms with van der Waals surface area (Å²) in [7, 11) is 2.96. The van der Waals surface area contributed by atoms with Crippen LogP contribution in [0.15, 0.2) is 12.5 Å². The minimum absolute atomic E-state index is 0.0244. The number of likely N-dealkylation sites (tertiary alicyclic amines) is 1. The fourth-order valence-corrected chi connectivity index (χ4v) is 7.36. The van der Waals surface area contributed by atoms with Gasteiger partial charge in [-0.2, -0.15) is 0 Å². The minimum Gasteiger partial charge on any atom is -0.467 e. The Bertz CT molecular complexity index is 1890. The van der Waals surface area contributed by atoms with Gasteiger partial charge in [0, 0.05) is 26.2 Å². The van der Waals surface area contributed by atoms with E-state index in [1.54, 1.807) is 100 Å². The Morgan fingerprint density at radius 1 is 0.701 bits per heavy atom. The number of carbonyl (C=O) groups excluding carboxylic acids is 9. The lowest BCUT2D eigenvalue weighted by atomic mass is 9.97. The van der Waals surface area contributed by atoms with E-state index in [0.717, 1.165) is 0 Å². The van der Waals surface area contributed by atoms with Crippen LogP contribution >= 0.6 is 0 Å². The summed E-state index contributed by atoms with van der Waals surface area (Å²) in [5, 5.41) is 18.8. The fourth-order valence-electron chi connectivity index (χ4n) is 7.36. The zero-order chi connectivity index (χ0) is 51.1. The van der Waals surface area contributed by atoms with Gasteiger partial charge in [-0.15, -0.1) is 0 Å². The highest BCUT2D eigenvalue weighted by molar-refractivity contribution is 5.97. The van der Waals surface area contributed by atoms with Crippen molar-refractivity contribution in [2.24, 2.45) is 36.6 Å². The van der Waals surface area contributed by atoms with E-state index in [1.807, 2.05) is 13.8 Å². The SMILES string of the molecule is COC(=O)[C@@H](NC(=O)[C@H](Cc1cn(C)cn1)NC(=O)[C@H](CC(C)C)NC(=O)CNC(=O)[C@H]1CCCN1C(=O)[C@@H](NC(=O)[C@@H](NC(=O)[C@@H](NC(=O)OC(C)(C)C)C(C)C)C(C)C)C(C)C)C(C)C. The average molecular weight is 947 g/mol. The van der Waals surface area contributed by atoms with Crippen molar-refractivity contribution in [3.8, 4) is 0 Å². The number of hydrogen-bond acceptors (Lipinski definition) is 12. The molecule has 1 saturated heterocycles. The number of imidazole rings is 1. The first-order chi connectivity index (χ1) is 31.1. The summed E-state index contributed by atoms with van der Waals surface area (Å²) < 4.78 is 11.9. The van der Waals surface area contributed by atoms with Crippen molar-refractivity contribution in [1.82, 2.24) is 51.7 Å². The second-order valence-electron chi connectivity index (χ2n) is 20.0. The maximum absolute atomic E-state index is 14.1. The number of amides is 8. The number of nitrogens with one attached hydrogen (secondary N) is 7. The number of esters is 1. The lowest BCUT2D eigenvalue weighted by Gasteiger charge is -2.32. The topological polar surface area (TPSA) is 277 Å². The van der Waals surface area contributed by atoms with Crippen LogP contribution in [0.1, 0.15) is 115 Å². The maximum atomic E-state index is 14.1. The highest BCUT2D eigenvalue weighted by Crippen LogP contribution is 2.21. The molecular formula is C46H78N10O11. The quantitative estimate of drug-likeness (QED) is 0.0764. The van der Waals surface area contributed by atoms with Gasteiger partial charge in [-0.05, 0) is 69.6 Å². The number of rotatable bonds is 23. The summed E-state index contributed by atoms with van der Waals surface area (Å²) in [6.07, 6.45) is 3.35. The number of aromatic nitrogens is 2. The Labute approximate surface area is 395 Å². The summed E-state index contributed by atoms with van der Waals surface area (Å²) in [6.45, 7) is 22.3. The molecule has 2 heterocycles. The molecule has 0 aromatic carbocycles. The lowest BCUT2D eigenvalue weighted by Crippen LogP contribution is -2.61. The standard InChI is InChI=1S/C46H78N10O11/c1-24(2)19-30(38(58)50-31(20-29-22-55(14)23-48-29)39(59)53-37(28(9)10)44(64)66-15)49-33(57)21-47-40(60)32-17-16-18-56(32)43(63)36(27(7)8)52-41(61)34(25(3)4)51-42(62)35(26(5)6)54-45(65)67-46(11,12)13/h22-28,30-32,34-37H,16-21H2,1-15H3,(H,47,60)(H,49,57)(H,50,58)(H,51,62)(H,52,61)(H,53,59)(H,54,65)/t30-,31-,32+,34-,35-,36-,37-/m0/s1. The normalized spacial score (nSPS) is 16.7. The lowest BCUT2D eigenvalue weighted by molar-refractivity contribution is -0.146. The summed E-state index contributed by atoms with van der Waals surface area (Å²) in [5.74, 6) is -6.68. The van der Waals surface area contributed by atoms with Gasteiger partial charge in [-0.1, -0.05) is 69.2 Å². The zero-order valence-corrected chi connectivity index (χ0v) is 42.2. The van der Waals surface area contributed by atoms with Crippen LogP contribution < -0.4 is 37.2 Å². The van der Waals surface area contributed by atoms with E-state index in [-0.39, 0.29) is 43.6 Å². The van der Waals surface area contributed by atoms with Gasteiger partial charge in [0.25, 0.3) is 0 Å². The molecule has 0 radical (unpaired) electrons. The first-order valence-corrected chi connectivity index (χ1v) is 23.2. The van der Waals surface area contributed by atoms with Crippen molar-refractivity contribution in [1.29, 1.82) is 0 Å². The number of carbonyl (C=O) groups is 9. The average Bonchev–Trinajstić information content (AvgIpc) is 3.88. The third kappa shape index (κ3) is 18.4. The maximum Gasteiger partial charge on any atom is 0.408 e. The molecule has 0 saturated carbocycles. The number of hydrogen-bond donors (Lipinski definition) is 7. The second kappa shape index (κ2) is 26.0. The molecule has 0 bridgehead atoms. The van der Waals surface area contributed by atoms with E-state index in [4.69, 9.17) is 9.47 Å². The monoisotopic (exact) mass is 947 g/mol. The number of alkyl carbamates (subject to hydrolysis) is 1. The Balaban J connectivity index is 2.18. The summed E-state index contributed by atoms with van der Waals surface area (Å²) in [4.78, 5) is 127. The van der Waals surface area contributed by atoms with Crippen LogP contribution in [0.4, 0.5) is 4.79 Å². The van der Waals surface area contributed by atoms with Gasteiger partial charge >= 0.3 is 12.1 Å². The minimum atomic E-state index is -1.19. The predicted molar refractivity (Wildman–Crippen MR) is 248 cm³/mol. The second-order valence-corrected chi connectivity index (χ2v) is 20.0. The van der Waals surface area contributed by atoms with Crippen LogP contribution in [-0.2, 0) is 61.3 Å². The Hall–Kier alpha value is -5.76. The van der Waals surface area contributed by atoms with Gasteiger partial charge < -0.3 is 56.2 Å². The molecular weight excluding hydrogens is 869 g/mol. The van der Waals surface area contributed by atoms with Crippen LogP contribution in [0.2, 0.25) is 0 Å². The van der Waals surface area contributed by atoms with Crippen LogP contribution in [0.3, 0.4) is 0 Å². The van der Waals surface area contributed by atoms with Gasteiger partial charge in [0.15, 0.2) is 0 Å². The van der Waals surface area contributed by atoms with E-state index >= 15 is 0 Å². The molecule has 1 aliphatic rings. The van der Waals surface area contributed by atoms with E-state index in [2.05, 4.69) is 42.2 Å². The molecule has 0 spiro atoms.